The van der Waals surface area contributed by atoms with Crippen LogP contribution >= 0.6 is 0 Å². The summed E-state index contributed by atoms with van der Waals surface area (Å²) < 4.78 is 0. The van der Waals surface area contributed by atoms with Crippen molar-refractivity contribution in [3.63, 3.8) is 0 Å². The van der Waals surface area contributed by atoms with Gasteiger partial charge in [0, 0.05) is 11.4 Å². The van der Waals surface area contributed by atoms with Gasteiger partial charge in [0.2, 0.25) is 0 Å². The largest absolute Gasteiger partial charge is 0.355 e. The molecular formula is C14H12N. The van der Waals surface area contributed by atoms with E-state index < -0.39 is 0 Å². The van der Waals surface area contributed by atoms with Crippen molar-refractivity contribution in [3.05, 3.63) is 59.7 Å². The summed E-state index contributed by atoms with van der Waals surface area (Å²) in [5.74, 6) is 0. The van der Waals surface area contributed by atoms with Crippen LogP contribution < -0.4 is 5.32 Å². The predicted molar refractivity (Wildman–Crippen MR) is 62.4 cm³/mol. The van der Waals surface area contributed by atoms with Gasteiger partial charge < -0.3 is 5.32 Å². The van der Waals surface area contributed by atoms with Crippen LogP contribution in [0.4, 0.5) is 11.4 Å². The molecule has 1 radical (unpaired) electrons. The first kappa shape index (κ1) is 8.54. The lowest BCUT2D eigenvalue weighted by atomic mass is 10.0. The lowest BCUT2D eigenvalue weighted by molar-refractivity contribution is 0.977. The fourth-order valence-corrected chi connectivity index (χ4v) is 2.07. The molecule has 1 aliphatic rings. The average Bonchev–Trinajstić information content (AvgIpc) is 2.48. The molecule has 0 unspecified atom stereocenters. The maximum absolute atomic E-state index is 3.47. The van der Waals surface area contributed by atoms with E-state index in [1.165, 1.54) is 22.5 Å². The summed E-state index contributed by atoms with van der Waals surface area (Å²) >= 11 is 0. The smallest absolute Gasteiger partial charge is 0.0423 e. The molecule has 0 aromatic heterocycles. The zero-order chi connectivity index (χ0) is 10.1. The maximum Gasteiger partial charge on any atom is 0.0423 e. The summed E-state index contributed by atoms with van der Waals surface area (Å²) in [7, 11) is 0. The number of rotatable bonds is 0. The first-order valence-electron chi connectivity index (χ1n) is 5.27. The molecule has 0 bridgehead atoms. The molecule has 1 N–H and O–H groups in total. The average molecular weight is 194 g/mol. The zero-order valence-corrected chi connectivity index (χ0v) is 8.46. The van der Waals surface area contributed by atoms with Crippen molar-refractivity contribution in [3.8, 4) is 0 Å². The van der Waals surface area contributed by atoms with Gasteiger partial charge in [0.25, 0.3) is 0 Å². The van der Waals surface area contributed by atoms with E-state index in [0.29, 0.717) is 0 Å². The highest BCUT2D eigenvalue weighted by atomic mass is 14.9. The van der Waals surface area contributed by atoms with Gasteiger partial charge in [-0.2, -0.15) is 0 Å². The molecule has 2 aromatic rings. The molecule has 2 aromatic carbocycles. The minimum Gasteiger partial charge on any atom is -0.355 e. The van der Waals surface area contributed by atoms with Crippen molar-refractivity contribution in [2.45, 2.75) is 12.8 Å². The van der Waals surface area contributed by atoms with Gasteiger partial charge >= 0.3 is 0 Å². The van der Waals surface area contributed by atoms with Gasteiger partial charge in [-0.3, -0.25) is 0 Å². The van der Waals surface area contributed by atoms with Crippen LogP contribution in [0.15, 0.2) is 42.5 Å². The minimum absolute atomic E-state index is 1.11. The molecule has 3 rings (SSSR count). The Labute approximate surface area is 89.8 Å². The van der Waals surface area contributed by atoms with Crippen LogP contribution in [0.2, 0.25) is 0 Å². The van der Waals surface area contributed by atoms with Gasteiger partial charge in [-0.25, -0.2) is 0 Å². The van der Waals surface area contributed by atoms with Crippen molar-refractivity contribution in [1.29, 1.82) is 0 Å². The van der Waals surface area contributed by atoms with Crippen LogP contribution in [0.5, 0.6) is 0 Å². The standard InChI is InChI=1S/C14H12N/c1-3-7-13-11(5-1)9-10-12-6-2-4-8-14(12)15-13/h1-3,5-8,15H,9-10H2. The molecule has 1 nitrogen and oxygen atoms in total. The third-order valence-electron chi connectivity index (χ3n) is 2.90. The minimum atomic E-state index is 1.11. The van der Waals surface area contributed by atoms with Gasteiger partial charge in [0.15, 0.2) is 0 Å². The quantitative estimate of drug-likeness (QED) is 0.678. The van der Waals surface area contributed by atoms with Crippen molar-refractivity contribution in [1.82, 2.24) is 0 Å². The SMILES string of the molecule is [c]1ccc2c(c1)Nc1ccccc1CC2. The second-order valence-corrected chi connectivity index (χ2v) is 3.87. The molecule has 1 aliphatic heterocycles. The van der Waals surface area contributed by atoms with Crippen molar-refractivity contribution >= 4 is 11.4 Å². The van der Waals surface area contributed by atoms with E-state index >= 15 is 0 Å². The van der Waals surface area contributed by atoms with E-state index in [2.05, 4.69) is 41.7 Å². The second kappa shape index (κ2) is 3.43. The number of para-hydroxylation sites is 1. The lowest BCUT2D eigenvalue weighted by Gasteiger charge is -2.08. The third-order valence-corrected chi connectivity index (χ3v) is 2.90. The number of hydrogen-bond donors (Lipinski definition) is 1. The molecule has 0 amide bonds. The van der Waals surface area contributed by atoms with E-state index in [-0.39, 0.29) is 0 Å². The fourth-order valence-electron chi connectivity index (χ4n) is 2.07. The molecule has 0 spiro atoms. The number of anilines is 2. The molecule has 0 aliphatic carbocycles. The normalized spacial score (nSPS) is 13.3. The van der Waals surface area contributed by atoms with Gasteiger partial charge in [-0.05, 0) is 42.2 Å². The van der Waals surface area contributed by atoms with Crippen LogP contribution in [0, 0.1) is 6.07 Å². The van der Waals surface area contributed by atoms with Crippen LogP contribution in [-0.2, 0) is 12.8 Å². The van der Waals surface area contributed by atoms with Crippen LogP contribution in [0.1, 0.15) is 11.1 Å². The summed E-state index contributed by atoms with van der Waals surface area (Å²) in [4.78, 5) is 0. The molecule has 1 heteroatoms. The Kier molecular flexibility index (Phi) is 1.95. The molecule has 0 atom stereocenters. The highest BCUT2D eigenvalue weighted by molar-refractivity contribution is 5.67. The molecule has 15 heavy (non-hydrogen) atoms. The summed E-state index contributed by atoms with van der Waals surface area (Å²) in [5, 5.41) is 3.47. The Morgan fingerprint density at radius 3 is 2.67 bits per heavy atom. The zero-order valence-electron chi connectivity index (χ0n) is 8.46. The summed E-state index contributed by atoms with van der Waals surface area (Å²) in [6.07, 6.45) is 2.22. The van der Waals surface area contributed by atoms with E-state index in [4.69, 9.17) is 0 Å². The van der Waals surface area contributed by atoms with Crippen molar-refractivity contribution in [2.75, 3.05) is 5.32 Å². The predicted octanol–water partition coefficient (Wildman–Crippen LogP) is 3.33. The van der Waals surface area contributed by atoms with Crippen LogP contribution in [0.3, 0.4) is 0 Å². The highest BCUT2D eigenvalue weighted by Gasteiger charge is 2.10. The fraction of sp³-hybridized carbons (Fsp3) is 0.143. The van der Waals surface area contributed by atoms with Gasteiger partial charge in [-0.15, -0.1) is 0 Å². The lowest BCUT2D eigenvalue weighted by Crippen LogP contribution is -1.92. The Bertz CT molecular complexity index is 443. The molecule has 1 heterocycles. The summed E-state index contributed by atoms with van der Waals surface area (Å²) in [6.45, 7) is 0. The number of fused-ring (bicyclic) bond motifs is 2. The Morgan fingerprint density at radius 1 is 0.933 bits per heavy atom. The number of benzene rings is 2. The number of aryl methyl sites for hydroxylation is 2. The monoisotopic (exact) mass is 194 g/mol. The van der Waals surface area contributed by atoms with Gasteiger partial charge in [0.05, 0.1) is 0 Å². The van der Waals surface area contributed by atoms with Crippen LogP contribution in [-0.4, -0.2) is 0 Å². The van der Waals surface area contributed by atoms with Crippen molar-refractivity contribution < 1.29 is 0 Å². The number of hydrogen-bond acceptors (Lipinski definition) is 1. The van der Waals surface area contributed by atoms with E-state index in [1.807, 2.05) is 12.1 Å². The van der Waals surface area contributed by atoms with Gasteiger partial charge in [0.1, 0.15) is 0 Å². The topological polar surface area (TPSA) is 12.0 Å². The Hall–Kier alpha value is -1.76. The molecule has 0 saturated heterocycles. The van der Waals surface area contributed by atoms with Crippen LogP contribution in [0.25, 0.3) is 0 Å². The molecular weight excluding hydrogens is 182 g/mol. The first-order valence-corrected chi connectivity index (χ1v) is 5.27. The van der Waals surface area contributed by atoms with Gasteiger partial charge in [-0.1, -0.05) is 30.3 Å². The first-order chi connectivity index (χ1) is 7.43. The third kappa shape index (κ3) is 1.50. The Morgan fingerprint density at radius 2 is 1.73 bits per heavy atom. The Balaban J connectivity index is 2.10. The van der Waals surface area contributed by atoms with E-state index in [1.54, 1.807) is 0 Å². The van der Waals surface area contributed by atoms with Crippen molar-refractivity contribution in [2.24, 2.45) is 0 Å². The highest BCUT2D eigenvalue weighted by Crippen LogP contribution is 2.28. The summed E-state index contributed by atoms with van der Waals surface area (Å²) in [5.41, 5.74) is 5.21. The van der Waals surface area contributed by atoms with E-state index in [0.717, 1.165) is 12.8 Å². The maximum atomic E-state index is 3.47. The molecule has 0 fully saturated rings. The molecule has 0 saturated carbocycles. The van der Waals surface area contributed by atoms with E-state index in [9.17, 15) is 0 Å². The summed E-state index contributed by atoms with van der Waals surface area (Å²) in [6, 6.07) is 17.8. The molecule has 73 valence electrons. The number of nitrogens with one attached hydrogen (secondary N) is 1. The second-order valence-electron chi connectivity index (χ2n) is 3.87.